The number of carbonyl (C=O) groups excluding carboxylic acids is 2. The van der Waals surface area contributed by atoms with E-state index in [-0.39, 0.29) is 5.91 Å². The summed E-state index contributed by atoms with van der Waals surface area (Å²) in [5.41, 5.74) is 2.04. The van der Waals surface area contributed by atoms with E-state index in [2.05, 4.69) is 21.2 Å². The molecule has 0 saturated heterocycles. The van der Waals surface area contributed by atoms with Crippen molar-refractivity contribution in [3.63, 3.8) is 0 Å². The van der Waals surface area contributed by atoms with Gasteiger partial charge in [-0.05, 0) is 58.7 Å². The van der Waals surface area contributed by atoms with Crippen molar-refractivity contribution < 1.29 is 19.1 Å². The summed E-state index contributed by atoms with van der Waals surface area (Å²) < 4.78 is 10.5. The molecule has 1 amide bonds. The highest BCUT2D eigenvalue weighted by Gasteiger charge is 2.16. The summed E-state index contributed by atoms with van der Waals surface area (Å²) in [7, 11) is 2.86. The lowest BCUT2D eigenvalue weighted by atomic mass is 10.1. The Morgan fingerprint density at radius 3 is 2.48 bits per heavy atom. The third-order valence-electron chi connectivity index (χ3n) is 3.41. The van der Waals surface area contributed by atoms with E-state index in [9.17, 15) is 9.59 Å². The highest BCUT2D eigenvalue weighted by molar-refractivity contribution is 9.10. The van der Waals surface area contributed by atoms with Crippen LogP contribution in [0, 0.1) is 6.92 Å². The smallest absolute Gasteiger partial charge is 0.338 e. The molecule has 2 rings (SSSR count). The van der Waals surface area contributed by atoms with Crippen LogP contribution in [0.1, 0.15) is 26.3 Å². The average molecular weight is 378 g/mol. The standard InChI is InChI=1S/C17H16BrNO4/c1-10-12(17(21)23-3)5-4-6-15(10)19-16(20)13-9-11(22-2)7-8-14(13)18/h4-9H,1-3H3,(H,19,20). The Kier molecular flexibility index (Phi) is 5.39. The third-order valence-corrected chi connectivity index (χ3v) is 4.10. The Bertz CT molecular complexity index is 758. The molecule has 0 aliphatic rings. The second kappa shape index (κ2) is 7.28. The monoisotopic (exact) mass is 377 g/mol. The number of anilines is 1. The Morgan fingerprint density at radius 2 is 1.83 bits per heavy atom. The van der Waals surface area contributed by atoms with E-state index < -0.39 is 5.97 Å². The van der Waals surface area contributed by atoms with Gasteiger partial charge >= 0.3 is 5.97 Å². The minimum absolute atomic E-state index is 0.305. The molecule has 0 bridgehead atoms. The van der Waals surface area contributed by atoms with E-state index in [1.165, 1.54) is 14.2 Å². The van der Waals surface area contributed by atoms with Crippen LogP contribution in [-0.4, -0.2) is 26.1 Å². The number of rotatable bonds is 4. The van der Waals surface area contributed by atoms with Crippen LogP contribution in [-0.2, 0) is 4.74 Å². The van der Waals surface area contributed by atoms with E-state index in [1.54, 1.807) is 43.3 Å². The minimum Gasteiger partial charge on any atom is -0.497 e. The van der Waals surface area contributed by atoms with Crippen LogP contribution >= 0.6 is 15.9 Å². The number of esters is 1. The first-order chi connectivity index (χ1) is 11.0. The molecule has 120 valence electrons. The van der Waals surface area contributed by atoms with Gasteiger partial charge in [-0.3, -0.25) is 4.79 Å². The maximum Gasteiger partial charge on any atom is 0.338 e. The van der Waals surface area contributed by atoms with E-state index in [1.807, 2.05) is 0 Å². The number of methoxy groups -OCH3 is 2. The van der Waals surface area contributed by atoms with Crippen molar-refractivity contribution in [2.24, 2.45) is 0 Å². The van der Waals surface area contributed by atoms with Gasteiger partial charge in [-0.15, -0.1) is 0 Å². The molecule has 0 unspecified atom stereocenters. The van der Waals surface area contributed by atoms with E-state index >= 15 is 0 Å². The normalized spacial score (nSPS) is 10.1. The van der Waals surface area contributed by atoms with Crippen molar-refractivity contribution in [2.75, 3.05) is 19.5 Å². The summed E-state index contributed by atoms with van der Waals surface area (Å²) in [5, 5.41) is 2.81. The first kappa shape index (κ1) is 17.0. The summed E-state index contributed by atoms with van der Waals surface area (Å²) in [6.07, 6.45) is 0. The zero-order valence-corrected chi connectivity index (χ0v) is 14.6. The van der Waals surface area contributed by atoms with E-state index in [4.69, 9.17) is 9.47 Å². The number of hydrogen-bond acceptors (Lipinski definition) is 4. The predicted molar refractivity (Wildman–Crippen MR) is 91.2 cm³/mol. The van der Waals surface area contributed by atoms with Crippen LogP contribution in [0.2, 0.25) is 0 Å². The van der Waals surface area contributed by atoms with Crippen LogP contribution in [0.15, 0.2) is 40.9 Å². The Morgan fingerprint density at radius 1 is 1.09 bits per heavy atom. The molecule has 0 radical (unpaired) electrons. The Hall–Kier alpha value is -2.34. The average Bonchev–Trinajstić information content (AvgIpc) is 2.56. The van der Waals surface area contributed by atoms with Gasteiger partial charge in [0.2, 0.25) is 0 Å². The summed E-state index contributed by atoms with van der Waals surface area (Å²) >= 11 is 3.35. The summed E-state index contributed by atoms with van der Waals surface area (Å²) in [4.78, 5) is 24.2. The second-order valence-electron chi connectivity index (χ2n) is 4.77. The number of carbonyl (C=O) groups is 2. The summed E-state index contributed by atoms with van der Waals surface area (Å²) in [6.45, 7) is 1.75. The molecule has 0 saturated carbocycles. The largest absolute Gasteiger partial charge is 0.497 e. The molecule has 0 fully saturated rings. The SMILES string of the molecule is COC(=O)c1cccc(NC(=O)c2cc(OC)ccc2Br)c1C. The van der Waals surface area contributed by atoms with E-state index in [0.29, 0.717) is 32.6 Å². The number of hydrogen-bond donors (Lipinski definition) is 1. The fraction of sp³-hybridized carbons (Fsp3) is 0.176. The molecule has 23 heavy (non-hydrogen) atoms. The van der Waals surface area contributed by atoms with E-state index in [0.717, 1.165) is 0 Å². The lowest BCUT2D eigenvalue weighted by molar-refractivity contribution is 0.0599. The van der Waals surface area contributed by atoms with Crippen LogP contribution in [0.25, 0.3) is 0 Å². The molecule has 0 atom stereocenters. The van der Waals surface area contributed by atoms with Gasteiger partial charge < -0.3 is 14.8 Å². The van der Waals surface area contributed by atoms with Gasteiger partial charge in [0.05, 0.1) is 25.3 Å². The third kappa shape index (κ3) is 3.71. The number of ether oxygens (including phenoxy) is 2. The van der Waals surface area contributed by atoms with Gasteiger partial charge in [0.25, 0.3) is 5.91 Å². The molecule has 0 heterocycles. The van der Waals surface area contributed by atoms with Crippen molar-refractivity contribution in [1.29, 1.82) is 0 Å². The van der Waals surface area contributed by atoms with Crippen molar-refractivity contribution in [2.45, 2.75) is 6.92 Å². The molecular weight excluding hydrogens is 362 g/mol. The highest BCUT2D eigenvalue weighted by atomic mass is 79.9. The van der Waals surface area contributed by atoms with Crippen LogP contribution in [0.3, 0.4) is 0 Å². The Labute approximate surface area is 142 Å². The van der Waals surface area contributed by atoms with Gasteiger partial charge in [0, 0.05) is 10.2 Å². The lowest BCUT2D eigenvalue weighted by Gasteiger charge is -2.12. The maximum absolute atomic E-state index is 12.5. The number of halogens is 1. The predicted octanol–water partition coefficient (Wildman–Crippen LogP) is 3.81. The van der Waals surface area contributed by atoms with Crippen LogP contribution < -0.4 is 10.1 Å². The molecule has 5 nitrogen and oxygen atoms in total. The molecule has 0 aliphatic heterocycles. The topological polar surface area (TPSA) is 64.6 Å². The second-order valence-corrected chi connectivity index (χ2v) is 5.62. The van der Waals surface area contributed by atoms with Crippen molar-refractivity contribution in [3.05, 3.63) is 57.6 Å². The van der Waals surface area contributed by atoms with Crippen LogP contribution in [0.5, 0.6) is 5.75 Å². The molecular formula is C17H16BrNO4. The lowest BCUT2D eigenvalue weighted by Crippen LogP contribution is -2.15. The summed E-state index contributed by atoms with van der Waals surface area (Å²) in [5.74, 6) is -0.166. The molecule has 6 heteroatoms. The number of benzene rings is 2. The molecule has 2 aromatic carbocycles. The van der Waals surface area contributed by atoms with Gasteiger partial charge in [0.1, 0.15) is 5.75 Å². The molecule has 2 aromatic rings. The van der Waals surface area contributed by atoms with Gasteiger partial charge in [-0.1, -0.05) is 6.07 Å². The van der Waals surface area contributed by atoms with Gasteiger partial charge in [-0.25, -0.2) is 4.79 Å². The fourth-order valence-electron chi connectivity index (χ4n) is 2.10. The molecule has 1 N–H and O–H groups in total. The Balaban J connectivity index is 2.33. The molecule has 0 aromatic heterocycles. The minimum atomic E-state index is -0.443. The highest BCUT2D eigenvalue weighted by Crippen LogP contribution is 2.25. The molecule has 0 aliphatic carbocycles. The molecule has 0 spiro atoms. The first-order valence-corrected chi connectivity index (χ1v) is 7.60. The zero-order valence-electron chi connectivity index (χ0n) is 13.0. The number of amides is 1. The quantitative estimate of drug-likeness (QED) is 0.822. The zero-order chi connectivity index (χ0) is 17.0. The maximum atomic E-state index is 12.5. The first-order valence-electron chi connectivity index (χ1n) is 6.80. The van der Waals surface area contributed by atoms with Gasteiger partial charge in [-0.2, -0.15) is 0 Å². The van der Waals surface area contributed by atoms with Crippen LogP contribution in [0.4, 0.5) is 5.69 Å². The van der Waals surface area contributed by atoms with Crippen molar-refractivity contribution in [3.8, 4) is 5.75 Å². The van der Waals surface area contributed by atoms with Crippen molar-refractivity contribution >= 4 is 33.5 Å². The van der Waals surface area contributed by atoms with Gasteiger partial charge in [0.15, 0.2) is 0 Å². The summed E-state index contributed by atoms with van der Waals surface area (Å²) in [6, 6.07) is 10.2. The van der Waals surface area contributed by atoms with Crippen molar-refractivity contribution in [1.82, 2.24) is 0 Å². The number of nitrogens with one attached hydrogen (secondary N) is 1. The fourth-order valence-corrected chi connectivity index (χ4v) is 2.52.